The number of nitro groups is 1. The first-order valence-corrected chi connectivity index (χ1v) is 11.5. The van der Waals surface area contributed by atoms with Gasteiger partial charge in [-0.3, -0.25) is 24.6 Å². The minimum atomic E-state index is -0.907. The Morgan fingerprint density at radius 3 is 2.19 bits per heavy atom. The molecule has 8 heteroatoms. The summed E-state index contributed by atoms with van der Waals surface area (Å²) in [6.07, 6.45) is 0. The van der Waals surface area contributed by atoms with Gasteiger partial charge < -0.3 is 10.0 Å². The molecule has 1 atom stereocenters. The maximum atomic E-state index is 13.3. The van der Waals surface area contributed by atoms with Crippen molar-refractivity contribution in [3.05, 3.63) is 105 Å². The van der Waals surface area contributed by atoms with Crippen molar-refractivity contribution >= 4 is 34.5 Å². The highest BCUT2D eigenvalue weighted by molar-refractivity contribution is 6.51. The van der Waals surface area contributed by atoms with Gasteiger partial charge >= 0.3 is 0 Å². The standard InChI is InChI=1S/C28H27N3O5/c1-17(2)18-8-10-19(11-9-18)25-24(26(32)20-6-5-7-23(16-20)31(35)36)27(33)28(34)30(25)22-14-12-21(13-15-22)29(3)4/h5-17,25,32H,1-4H3/b26-24-. The summed E-state index contributed by atoms with van der Waals surface area (Å²) in [5.41, 5.74) is 2.89. The van der Waals surface area contributed by atoms with Crippen LogP contribution in [0.2, 0.25) is 0 Å². The predicted molar refractivity (Wildman–Crippen MR) is 139 cm³/mol. The van der Waals surface area contributed by atoms with Crippen LogP contribution < -0.4 is 9.80 Å². The van der Waals surface area contributed by atoms with Crippen molar-refractivity contribution in [2.75, 3.05) is 23.9 Å². The number of ketones is 1. The molecule has 1 aliphatic rings. The SMILES string of the molecule is CC(C)c1ccc(C2/C(=C(/O)c3cccc([N+](=O)[O-])c3)C(=O)C(=O)N2c2ccc(N(C)C)cc2)cc1. The number of hydrogen-bond acceptors (Lipinski definition) is 6. The highest BCUT2D eigenvalue weighted by atomic mass is 16.6. The van der Waals surface area contributed by atoms with Crippen LogP contribution in [-0.2, 0) is 9.59 Å². The van der Waals surface area contributed by atoms with E-state index in [0.717, 1.165) is 11.3 Å². The maximum Gasteiger partial charge on any atom is 0.300 e. The third kappa shape index (κ3) is 4.45. The average molecular weight is 486 g/mol. The third-order valence-electron chi connectivity index (χ3n) is 6.34. The molecule has 1 saturated heterocycles. The number of amides is 1. The topological polar surface area (TPSA) is 104 Å². The van der Waals surface area contributed by atoms with E-state index in [1.165, 1.54) is 29.2 Å². The molecule has 8 nitrogen and oxygen atoms in total. The van der Waals surface area contributed by atoms with E-state index in [1.807, 2.05) is 55.4 Å². The molecule has 3 aromatic rings. The highest BCUT2D eigenvalue weighted by Crippen LogP contribution is 2.43. The summed E-state index contributed by atoms with van der Waals surface area (Å²) < 4.78 is 0. The fraction of sp³-hybridized carbons (Fsp3) is 0.214. The van der Waals surface area contributed by atoms with Crippen LogP contribution in [0.1, 0.15) is 42.5 Å². The number of rotatable bonds is 6. The number of aliphatic hydroxyl groups excluding tert-OH is 1. The number of carbonyl (C=O) groups is 2. The Bertz CT molecular complexity index is 1360. The lowest BCUT2D eigenvalue weighted by Crippen LogP contribution is -2.29. The van der Waals surface area contributed by atoms with E-state index in [9.17, 15) is 24.8 Å². The Morgan fingerprint density at radius 2 is 1.64 bits per heavy atom. The maximum absolute atomic E-state index is 13.3. The Hall–Kier alpha value is -4.46. The van der Waals surface area contributed by atoms with Crippen LogP contribution in [0.25, 0.3) is 5.76 Å². The van der Waals surface area contributed by atoms with Crippen LogP contribution in [-0.4, -0.2) is 35.8 Å². The summed E-state index contributed by atoms with van der Waals surface area (Å²) in [5, 5.41) is 22.5. The fourth-order valence-electron chi connectivity index (χ4n) is 4.31. The lowest BCUT2D eigenvalue weighted by atomic mass is 9.93. The molecule has 4 rings (SSSR count). The van der Waals surface area contributed by atoms with Gasteiger partial charge in [-0.05, 0) is 41.3 Å². The summed E-state index contributed by atoms with van der Waals surface area (Å²) in [4.78, 5) is 40.6. The molecule has 0 saturated carbocycles. The van der Waals surface area contributed by atoms with Crippen molar-refractivity contribution in [3.8, 4) is 0 Å². The van der Waals surface area contributed by atoms with Gasteiger partial charge in [-0.15, -0.1) is 0 Å². The molecule has 0 aliphatic carbocycles. The molecule has 1 unspecified atom stereocenters. The molecular formula is C28H27N3O5. The molecule has 0 spiro atoms. The van der Waals surface area contributed by atoms with Gasteiger partial charge in [-0.1, -0.05) is 50.2 Å². The zero-order valence-electron chi connectivity index (χ0n) is 20.5. The van der Waals surface area contributed by atoms with Gasteiger partial charge in [0.25, 0.3) is 17.4 Å². The van der Waals surface area contributed by atoms with Crippen molar-refractivity contribution in [3.63, 3.8) is 0 Å². The first-order valence-electron chi connectivity index (χ1n) is 11.5. The van der Waals surface area contributed by atoms with E-state index in [4.69, 9.17) is 0 Å². The van der Waals surface area contributed by atoms with E-state index in [2.05, 4.69) is 13.8 Å². The number of benzene rings is 3. The van der Waals surface area contributed by atoms with Crippen LogP contribution in [0.4, 0.5) is 17.1 Å². The molecule has 1 fully saturated rings. The first kappa shape index (κ1) is 24.7. The van der Waals surface area contributed by atoms with Gasteiger partial charge in [0.1, 0.15) is 5.76 Å². The largest absolute Gasteiger partial charge is 0.507 e. The van der Waals surface area contributed by atoms with E-state index in [-0.39, 0.29) is 22.7 Å². The van der Waals surface area contributed by atoms with E-state index in [1.54, 1.807) is 12.1 Å². The average Bonchev–Trinajstić information content (AvgIpc) is 3.14. The molecule has 1 aliphatic heterocycles. The number of hydrogen-bond donors (Lipinski definition) is 1. The molecule has 36 heavy (non-hydrogen) atoms. The van der Waals surface area contributed by atoms with Crippen molar-refractivity contribution < 1.29 is 19.6 Å². The summed E-state index contributed by atoms with van der Waals surface area (Å²) in [6, 6.07) is 19.2. The second-order valence-electron chi connectivity index (χ2n) is 9.21. The van der Waals surface area contributed by atoms with Crippen molar-refractivity contribution in [1.82, 2.24) is 0 Å². The molecule has 0 bridgehead atoms. The Balaban J connectivity index is 1.91. The van der Waals surface area contributed by atoms with Gasteiger partial charge in [-0.2, -0.15) is 0 Å². The van der Waals surface area contributed by atoms with Gasteiger partial charge in [-0.25, -0.2) is 0 Å². The third-order valence-corrected chi connectivity index (χ3v) is 6.34. The number of Topliss-reactive ketones (excluding diaryl/α,β-unsaturated/α-hetero) is 1. The molecule has 1 N–H and O–H groups in total. The van der Waals surface area contributed by atoms with Crippen molar-refractivity contribution in [2.24, 2.45) is 0 Å². The number of nitrogens with zero attached hydrogens (tertiary/aromatic N) is 3. The van der Waals surface area contributed by atoms with Gasteiger partial charge in [0, 0.05) is 43.2 Å². The lowest BCUT2D eigenvalue weighted by molar-refractivity contribution is -0.384. The molecule has 0 aromatic heterocycles. The fourth-order valence-corrected chi connectivity index (χ4v) is 4.31. The first-order chi connectivity index (χ1) is 17.1. The van der Waals surface area contributed by atoms with E-state index in [0.29, 0.717) is 11.3 Å². The van der Waals surface area contributed by atoms with Gasteiger partial charge in [0.05, 0.1) is 16.5 Å². The van der Waals surface area contributed by atoms with Crippen LogP contribution in [0.5, 0.6) is 0 Å². The summed E-state index contributed by atoms with van der Waals surface area (Å²) in [7, 11) is 3.80. The van der Waals surface area contributed by atoms with Crippen molar-refractivity contribution in [1.29, 1.82) is 0 Å². The second-order valence-corrected chi connectivity index (χ2v) is 9.21. The minimum Gasteiger partial charge on any atom is -0.507 e. The predicted octanol–water partition coefficient (Wildman–Crippen LogP) is 5.41. The zero-order valence-corrected chi connectivity index (χ0v) is 20.5. The van der Waals surface area contributed by atoms with Gasteiger partial charge in [0.15, 0.2) is 0 Å². The molecule has 3 aromatic carbocycles. The monoisotopic (exact) mass is 485 g/mol. The number of aliphatic hydroxyl groups is 1. The molecular weight excluding hydrogens is 458 g/mol. The number of anilines is 2. The Morgan fingerprint density at radius 1 is 1.00 bits per heavy atom. The Labute approximate surface area is 209 Å². The van der Waals surface area contributed by atoms with Crippen LogP contribution >= 0.6 is 0 Å². The number of nitro benzene ring substituents is 1. The summed E-state index contributed by atoms with van der Waals surface area (Å²) >= 11 is 0. The molecule has 1 amide bonds. The van der Waals surface area contributed by atoms with Crippen LogP contribution in [0, 0.1) is 10.1 Å². The van der Waals surface area contributed by atoms with Crippen LogP contribution in [0.15, 0.2) is 78.4 Å². The quantitative estimate of drug-likeness (QED) is 0.165. The van der Waals surface area contributed by atoms with E-state index < -0.39 is 28.4 Å². The summed E-state index contributed by atoms with van der Waals surface area (Å²) in [5.74, 6) is -1.80. The van der Waals surface area contributed by atoms with Crippen LogP contribution in [0.3, 0.4) is 0 Å². The normalized spacial score (nSPS) is 17.0. The Kier molecular flexibility index (Phi) is 6.61. The lowest BCUT2D eigenvalue weighted by Gasteiger charge is -2.26. The van der Waals surface area contributed by atoms with Crippen molar-refractivity contribution in [2.45, 2.75) is 25.8 Å². The molecule has 0 radical (unpaired) electrons. The van der Waals surface area contributed by atoms with Gasteiger partial charge in [0.2, 0.25) is 0 Å². The van der Waals surface area contributed by atoms with E-state index >= 15 is 0 Å². The number of non-ortho nitro benzene ring substituents is 1. The smallest absolute Gasteiger partial charge is 0.300 e. The minimum absolute atomic E-state index is 0.0916. The highest BCUT2D eigenvalue weighted by Gasteiger charge is 2.47. The molecule has 184 valence electrons. The molecule has 1 heterocycles. The second kappa shape index (κ2) is 9.65. The zero-order chi connectivity index (χ0) is 26.1. The number of carbonyl (C=O) groups excluding carboxylic acids is 2. The summed E-state index contributed by atoms with van der Waals surface area (Å²) in [6.45, 7) is 4.13.